The van der Waals surface area contributed by atoms with E-state index in [4.69, 9.17) is 9.84 Å². The van der Waals surface area contributed by atoms with Crippen molar-refractivity contribution in [3.63, 3.8) is 0 Å². The molecule has 0 unspecified atom stereocenters. The number of nitrogens with zero attached hydrogens (tertiary/aromatic N) is 1. The Bertz CT molecular complexity index is 517. The summed E-state index contributed by atoms with van der Waals surface area (Å²) in [7, 11) is 1.50. The van der Waals surface area contributed by atoms with Gasteiger partial charge in [-0.3, -0.25) is 9.59 Å². The number of halogens is 1. The zero-order valence-corrected chi connectivity index (χ0v) is 12.0. The average Bonchev–Trinajstić information content (AvgIpc) is 2.87. The molecular formula is C13H14BrNO4. The number of ether oxygens (including phenoxy) is 1. The molecule has 1 fully saturated rings. The minimum absolute atomic E-state index is 0.187. The van der Waals surface area contributed by atoms with Crippen molar-refractivity contribution in [3.8, 4) is 5.75 Å². The van der Waals surface area contributed by atoms with Crippen LogP contribution in [0.1, 0.15) is 16.8 Å². The van der Waals surface area contributed by atoms with Crippen LogP contribution in [0.2, 0.25) is 0 Å². The van der Waals surface area contributed by atoms with Crippen LogP contribution in [0.15, 0.2) is 22.7 Å². The third kappa shape index (κ3) is 2.89. The van der Waals surface area contributed by atoms with Crippen LogP contribution in [-0.4, -0.2) is 42.1 Å². The fourth-order valence-electron chi connectivity index (χ4n) is 2.16. The number of amides is 1. The fourth-order valence-corrected chi connectivity index (χ4v) is 2.50. The van der Waals surface area contributed by atoms with E-state index >= 15 is 0 Å². The van der Waals surface area contributed by atoms with Crippen molar-refractivity contribution >= 4 is 27.8 Å². The van der Waals surface area contributed by atoms with Crippen molar-refractivity contribution in [3.05, 3.63) is 28.2 Å². The maximum atomic E-state index is 12.3. The number of carboxylic acids is 1. The van der Waals surface area contributed by atoms with Gasteiger partial charge in [0.05, 0.1) is 18.6 Å². The number of methoxy groups -OCH3 is 1. The van der Waals surface area contributed by atoms with E-state index in [-0.39, 0.29) is 12.5 Å². The molecule has 1 saturated heterocycles. The lowest BCUT2D eigenvalue weighted by molar-refractivity contribution is -0.141. The van der Waals surface area contributed by atoms with E-state index in [0.29, 0.717) is 24.3 Å². The van der Waals surface area contributed by atoms with Gasteiger partial charge in [0.25, 0.3) is 5.91 Å². The Morgan fingerprint density at radius 2 is 2.21 bits per heavy atom. The number of carboxylic acid groups (broad SMARTS) is 1. The summed E-state index contributed by atoms with van der Waals surface area (Å²) in [6.45, 7) is 0.725. The normalized spacial score (nSPS) is 18.4. The zero-order valence-electron chi connectivity index (χ0n) is 10.4. The van der Waals surface area contributed by atoms with Crippen LogP contribution in [0.4, 0.5) is 0 Å². The number of carbonyl (C=O) groups excluding carboxylic acids is 1. The van der Waals surface area contributed by atoms with Gasteiger partial charge in [-0.2, -0.15) is 0 Å². The third-order valence-electron chi connectivity index (χ3n) is 3.22. The second-order valence-electron chi connectivity index (χ2n) is 4.42. The molecule has 5 nitrogen and oxygen atoms in total. The predicted octanol–water partition coefficient (Wildman–Crippen LogP) is 2.00. The number of benzene rings is 1. The molecule has 0 aliphatic carbocycles. The smallest absolute Gasteiger partial charge is 0.308 e. The van der Waals surface area contributed by atoms with Crippen molar-refractivity contribution in [1.82, 2.24) is 4.90 Å². The van der Waals surface area contributed by atoms with Crippen LogP contribution in [0, 0.1) is 5.92 Å². The van der Waals surface area contributed by atoms with E-state index in [1.165, 1.54) is 7.11 Å². The molecule has 1 aromatic rings. The zero-order chi connectivity index (χ0) is 14.0. The molecule has 1 aliphatic heterocycles. The van der Waals surface area contributed by atoms with Crippen LogP contribution in [0.3, 0.4) is 0 Å². The van der Waals surface area contributed by atoms with Crippen LogP contribution in [0.5, 0.6) is 5.75 Å². The standard InChI is InChI=1S/C13H14BrNO4/c1-19-11-6-9(14)2-3-10(11)12(16)15-5-4-8(7-15)13(17)18/h2-3,6,8H,4-5,7H2,1H3,(H,17,18)/t8-/m0/s1. The molecule has 1 amide bonds. The van der Waals surface area contributed by atoms with E-state index in [0.717, 1.165) is 4.47 Å². The van der Waals surface area contributed by atoms with Crippen LogP contribution in [0.25, 0.3) is 0 Å². The first-order chi connectivity index (χ1) is 9.02. The Balaban J connectivity index is 2.19. The van der Waals surface area contributed by atoms with Gasteiger partial charge < -0.3 is 14.7 Å². The molecule has 1 heterocycles. The van der Waals surface area contributed by atoms with Crippen LogP contribution in [-0.2, 0) is 4.79 Å². The topological polar surface area (TPSA) is 66.8 Å². The van der Waals surface area contributed by atoms with Gasteiger partial charge >= 0.3 is 5.97 Å². The predicted molar refractivity (Wildman–Crippen MR) is 72.3 cm³/mol. The molecule has 6 heteroatoms. The quantitative estimate of drug-likeness (QED) is 0.922. The van der Waals surface area contributed by atoms with Crippen molar-refractivity contribution in [2.24, 2.45) is 5.92 Å². The second-order valence-corrected chi connectivity index (χ2v) is 5.34. The molecule has 0 bridgehead atoms. The summed E-state index contributed by atoms with van der Waals surface area (Å²) in [5.41, 5.74) is 0.455. The Morgan fingerprint density at radius 3 is 2.79 bits per heavy atom. The first kappa shape index (κ1) is 13.9. The maximum Gasteiger partial charge on any atom is 0.308 e. The Kier molecular flexibility index (Phi) is 4.09. The van der Waals surface area contributed by atoms with Crippen molar-refractivity contribution in [2.75, 3.05) is 20.2 Å². The van der Waals surface area contributed by atoms with Crippen molar-refractivity contribution in [2.45, 2.75) is 6.42 Å². The van der Waals surface area contributed by atoms with Gasteiger partial charge in [-0.25, -0.2) is 0 Å². The fraction of sp³-hybridized carbons (Fsp3) is 0.385. The third-order valence-corrected chi connectivity index (χ3v) is 3.71. The Morgan fingerprint density at radius 1 is 1.47 bits per heavy atom. The summed E-state index contributed by atoms with van der Waals surface area (Å²) >= 11 is 3.32. The monoisotopic (exact) mass is 327 g/mol. The highest BCUT2D eigenvalue weighted by atomic mass is 79.9. The highest BCUT2D eigenvalue weighted by Gasteiger charge is 2.32. The van der Waals surface area contributed by atoms with E-state index in [1.54, 1.807) is 23.1 Å². The van der Waals surface area contributed by atoms with E-state index in [1.807, 2.05) is 0 Å². The molecule has 1 N–H and O–H groups in total. The lowest BCUT2D eigenvalue weighted by Gasteiger charge is -2.17. The summed E-state index contributed by atoms with van der Waals surface area (Å²) < 4.78 is 6.01. The molecule has 0 saturated carbocycles. The number of aliphatic carboxylic acids is 1. The first-order valence-corrected chi connectivity index (χ1v) is 6.68. The Labute approximate surface area is 119 Å². The molecule has 0 aromatic heterocycles. The summed E-state index contributed by atoms with van der Waals surface area (Å²) in [6, 6.07) is 5.16. The molecule has 1 aromatic carbocycles. The molecule has 0 spiro atoms. The number of hydrogen-bond donors (Lipinski definition) is 1. The summed E-state index contributed by atoms with van der Waals surface area (Å²) in [4.78, 5) is 24.8. The molecule has 0 radical (unpaired) electrons. The van der Waals surface area contributed by atoms with E-state index in [2.05, 4.69) is 15.9 Å². The summed E-state index contributed by atoms with van der Waals surface area (Å²) in [5.74, 6) is -1.02. The van der Waals surface area contributed by atoms with Gasteiger partial charge in [-0.05, 0) is 24.6 Å². The SMILES string of the molecule is COc1cc(Br)ccc1C(=O)N1CC[C@H](C(=O)O)C1. The average molecular weight is 328 g/mol. The van der Waals surface area contributed by atoms with Crippen LogP contribution < -0.4 is 4.74 Å². The van der Waals surface area contributed by atoms with Gasteiger partial charge in [-0.15, -0.1) is 0 Å². The number of likely N-dealkylation sites (tertiary alicyclic amines) is 1. The van der Waals surface area contributed by atoms with Crippen molar-refractivity contribution in [1.29, 1.82) is 0 Å². The first-order valence-electron chi connectivity index (χ1n) is 5.88. The molecule has 1 aliphatic rings. The van der Waals surface area contributed by atoms with Gasteiger partial charge in [0.15, 0.2) is 0 Å². The number of carbonyl (C=O) groups is 2. The van der Waals surface area contributed by atoms with Gasteiger partial charge in [0, 0.05) is 17.6 Å². The molecule has 2 rings (SSSR count). The number of hydrogen-bond acceptors (Lipinski definition) is 3. The molecule has 102 valence electrons. The molecule has 1 atom stereocenters. The molecular weight excluding hydrogens is 314 g/mol. The van der Waals surface area contributed by atoms with Gasteiger partial charge in [-0.1, -0.05) is 15.9 Å². The lowest BCUT2D eigenvalue weighted by atomic mass is 10.1. The number of rotatable bonds is 3. The van der Waals surface area contributed by atoms with E-state index < -0.39 is 11.9 Å². The lowest BCUT2D eigenvalue weighted by Crippen LogP contribution is -2.30. The highest BCUT2D eigenvalue weighted by molar-refractivity contribution is 9.10. The highest BCUT2D eigenvalue weighted by Crippen LogP contribution is 2.27. The minimum Gasteiger partial charge on any atom is -0.496 e. The van der Waals surface area contributed by atoms with E-state index in [9.17, 15) is 9.59 Å². The Hall–Kier alpha value is -1.56. The molecule has 19 heavy (non-hydrogen) atoms. The second kappa shape index (κ2) is 5.61. The summed E-state index contributed by atoms with van der Waals surface area (Å²) in [5, 5.41) is 8.95. The maximum absolute atomic E-state index is 12.3. The van der Waals surface area contributed by atoms with Gasteiger partial charge in [0.1, 0.15) is 5.75 Å². The van der Waals surface area contributed by atoms with Gasteiger partial charge in [0.2, 0.25) is 0 Å². The van der Waals surface area contributed by atoms with Crippen molar-refractivity contribution < 1.29 is 19.4 Å². The summed E-state index contributed by atoms with van der Waals surface area (Å²) in [6.07, 6.45) is 0.500. The minimum atomic E-state index is -0.849. The van der Waals surface area contributed by atoms with Crippen LogP contribution >= 0.6 is 15.9 Å². The largest absolute Gasteiger partial charge is 0.496 e.